The molecule has 1 N–H and O–H groups in total. The summed E-state index contributed by atoms with van der Waals surface area (Å²) in [6, 6.07) is 0. The van der Waals surface area contributed by atoms with Gasteiger partial charge in [-0.25, -0.2) is 0 Å². The molecule has 0 spiro atoms. The van der Waals surface area contributed by atoms with Crippen LogP contribution in [0.1, 0.15) is 12.8 Å². The van der Waals surface area contributed by atoms with Crippen molar-refractivity contribution in [3.63, 3.8) is 0 Å². The summed E-state index contributed by atoms with van der Waals surface area (Å²) in [5.41, 5.74) is 0. The van der Waals surface area contributed by atoms with Gasteiger partial charge in [0.05, 0.1) is 18.1 Å². The molecule has 15 heavy (non-hydrogen) atoms. The molecule has 2 heterocycles. The highest BCUT2D eigenvalue weighted by Gasteiger charge is 2.63. The fourth-order valence-electron chi connectivity index (χ4n) is 4.47. The van der Waals surface area contributed by atoms with Gasteiger partial charge in [-0.1, -0.05) is 12.2 Å². The highest BCUT2D eigenvalue weighted by Crippen LogP contribution is 2.61. The van der Waals surface area contributed by atoms with E-state index in [1.807, 2.05) is 0 Å². The maximum absolute atomic E-state index is 11.1. The highest BCUT2D eigenvalue weighted by molar-refractivity contribution is 5.71. The zero-order valence-electron chi connectivity index (χ0n) is 8.37. The molecule has 4 bridgehead atoms. The lowest BCUT2D eigenvalue weighted by molar-refractivity contribution is -0.144. The molecule has 0 aromatic rings. The van der Waals surface area contributed by atoms with Gasteiger partial charge >= 0.3 is 5.97 Å². The second kappa shape index (κ2) is 2.46. The van der Waals surface area contributed by atoms with Gasteiger partial charge in [-0.2, -0.15) is 0 Å². The Labute approximate surface area is 88.1 Å². The van der Waals surface area contributed by atoms with Gasteiger partial charge in [-0.05, 0) is 36.5 Å². The number of hydrogen-bond donors (Lipinski definition) is 1. The third-order valence-corrected chi connectivity index (χ3v) is 4.92. The van der Waals surface area contributed by atoms with E-state index in [1.165, 1.54) is 6.42 Å². The van der Waals surface area contributed by atoms with E-state index in [2.05, 4.69) is 12.2 Å². The number of carbonyl (C=O) groups is 1. The van der Waals surface area contributed by atoms with Gasteiger partial charge in [-0.15, -0.1) is 0 Å². The third kappa shape index (κ3) is 0.842. The number of aliphatic carboxylic acids is 1. The SMILES string of the molecule is O=C(O)C1CC2OC1C1C3C=CC(C3)C21. The van der Waals surface area contributed by atoms with Crippen LogP contribution < -0.4 is 0 Å². The van der Waals surface area contributed by atoms with Crippen molar-refractivity contribution < 1.29 is 14.6 Å². The van der Waals surface area contributed by atoms with Crippen LogP contribution in [0.2, 0.25) is 0 Å². The predicted molar refractivity (Wildman–Crippen MR) is 52.1 cm³/mol. The Balaban J connectivity index is 1.71. The Hall–Kier alpha value is -0.830. The molecule has 0 aromatic carbocycles. The quantitative estimate of drug-likeness (QED) is 0.658. The number of ether oxygens (including phenoxy) is 1. The molecular weight excluding hydrogens is 192 g/mol. The van der Waals surface area contributed by atoms with Gasteiger partial charge in [0, 0.05) is 0 Å². The normalized spacial score (nSPS) is 58.8. The van der Waals surface area contributed by atoms with Crippen LogP contribution in [-0.4, -0.2) is 23.3 Å². The predicted octanol–water partition coefficient (Wildman–Crippen LogP) is 1.30. The molecule has 3 heteroatoms. The molecule has 80 valence electrons. The van der Waals surface area contributed by atoms with Gasteiger partial charge in [0.15, 0.2) is 0 Å². The standard InChI is InChI=1S/C12H14O3/c13-12(14)7-4-8-9-5-1-2-6(3-5)10(9)11(7)15-8/h1-2,5-11H,3-4H2,(H,13,14). The summed E-state index contributed by atoms with van der Waals surface area (Å²) in [7, 11) is 0. The Morgan fingerprint density at radius 3 is 2.67 bits per heavy atom. The summed E-state index contributed by atoms with van der Waals surface area (Å²) in [6.45, 7) is 0. The molecule has 7 atom stereocenters. The fourth-order valence-corrected chi connectivity index (χ4v) is 4.47. The number of rotatable bonds is 1. The average molecular weight is 206 g/mol. The van der Waals surface area contributed by atoms with E-state index in [0.717, 1.165) is 6.42 Å². The van der Waals surface area contributed by atoms with Crippen molar-refractivity contribution in [2.45, 2.75) is 25.0 Å². The minimum absolute atomic E-state index is 0.0115. The number of carboxylic acids is 1. The molecule has 3 fully saturated rings. The molecule has 4 aliphatic rings. The topological polar surface area (TPSA) is 46.5 Å². The summed E-state index contributed by atoms with van der Waals surface area (Å²) in [4.78, 5) is 11.1. The molecule has 0 amide bonds. The number of allylic oxidation sites excluding steroid dienone is 2. The van der Waals surface area contributed by atoms with Crippen LogP contribution in [0.25, 0.3) is 0 Å². The van der Waals surface area contributed by atoms with E-state index < -0.39 is 5.97 Å². The Morgan fingerprint density at radius 2 is 1.93 bits per heavy atom. The van der Waals surface area contributed by atoms with Crippen molar-refractivity contribution in [3.8, 4) is 0 Å². The van der Waals surface area contributed by atoms with Crippen molar-refractivity contribution in [2.75, 3.05) is 0 Å². The van der Waals surface area contributed by atoms with Crippen LogP contribution in [0.15, 0.2) is 12.2 Å². The smallest absolute Gasteiger partial charge is 0.309 e. The van der Waals surface area contributed by atoms with E-state index in [1.54, 1.807) is 0 Å². The van der Waals surface area contributed by atoms with Crippen LogP contribution in [0.3, 0.4) is 0 Å². The number of fused-ring (bicyclic) bond motifs is 9. The molecule has 2 aliphatic carbocycles. The molecule has 7 unspecified atom stereocenters. The highest BCUT2D eigenvalue weighted by atomic mass is 16.5. The zero-order chi connectivity index (χ0) is 10.2. The first-order chi connectivity index (χ1) is 7.25. The van der Waals surface area contributed by atoms with E-state index in [4.69, 9.17) is 9.84 Å². The minimum atomic E-state index is -0.660. The average Bonchev–Trinajstić information content (AvgIpc) is 2.95. The third-order valence-electron chi connectivity index (χ3n) is 4.92. The van der Waals surface area contributed by atoms with Crippen molar-refractivity contribution in [3.05, 3.63) is 12.2 Å². The lowest BCUT2D eigenvalue weighted by Crippen LogP contribution is -2.38. The summed E-state index contributed by atoms with van der Waals surface area (Å²) in [5, 5.41) is 9.13. The second-order valence-electron chi connectivity index (χ2n) is 5.42. The van der Waals surface area contributed by atoms with Crippen LogP contribution in [0.4, 0.5) is 0 Å². The van der Waals surface area contributed by atoms with Gasteiger partial charge < -0.3 is 9.84 Å². The molecular formula is C12H14O3. The molecule has 0 aromatic heterocycles. The maximum Gasteiger partial charge on any atom is 0.309 e. The Bertz CT molecular complexity index is 362. The maximum atomic E-state index is 11.1. The van der Waals surface area contributed by atoms with Gasteiger partial charge in [-0.3, -0.25) is 4.79 Å². The molecule has 0 radical (unpaired) electrons. The first-order valence-corrected chi connectivity index (χ1v) is 5.82. The van der Waals surface area contributed by atoms with Crippen molar-refractivity contribution in [1.29, 1.82) is 0 Å². The van der Waals surface area contributed by atoms with Crippen molar-refractivity contribution in [2.24, 2.45) is 29.6 Å². The zero-order valence-corrected chi connectivity index (χ0v) is 8.37. The lowest BCUT2D eigenvalue weighted by atomic mass is 9.69. The van der Waals surface area contributed by atoms with E-state index in [9.17, 15) is 4.79 Å². The van der Waals surface area contributed by atoms with E-state index in [0.29, 0.717) is 23.7 Å². The Morgan fingerprint density at radius 1 is 1.20 bits per heavy atom. The lowest BCUT2D eigenvalue weighted by Gasteiger charge is -2.31. The van der Waals surface area contributed by atoms with Gasteiger partial charge in [0.1, 0.15) is 0 Å². The minimum Gasteiger partial charge on any atom is -0.481 e. The second-order valence-corrected chi connectivity index (χ2v) is 5.42. The van der Waals surface area contributed by atoms with Crippen molar-refractivity contribution in [1.82, 2.24) is 0 Å². The monoisotopic (exact) mass is 206 g/mol. The van der Waals surface area contributed by atoms with Crippen LogP contribution in [0, 0.1) is 29.6 Å². The van der Waals surface area contributed by atoms with Gasteiger partial charge in [0.2, 0.25) is 0 Å². The summed E-state index contributed by atoms with van der Waals surface area (Å²) in [5.74, 6) is 1.55. The summed E-state index contributed by atoms with van der Waals surface area (Å²) in [6.07, 6.45) is 6.86. The largest absolute Gasteiger partial charge is 0.481 e. The van der Waals surface area contributed by atoms with Crippen LogP contribution >= 0.6 is 0 Å². The molecule has 2 saturated heterocycles. The Kier molecular flexibility index (Phi) is 1.37. The first kappa shape index (κ1) is 8.34. The molecule has 4 rings (SSSR count). The molecule has 3 nitrogen and oxygen atoms in total. The number of hydrogen-bond acceptors (Lipinski definition) is 2. The van der Waals surface area contributed by atoms with E-state index in [-0.39, 0.29) is 18.1 Å². The fraction of sp³-hybridized carbons (Fsp3) is 0.750. The summed E-state index contributed by atoms with van der Waals surface area (Å²) >= 11 is 0. The summed E-state index contributed by atoms with van der Waals surface area (Å²) < 4.78 is 5.87. The molecule has 2 aliphatic heterocycles. The van der Waals surface area contributed by atoms with Crippen LogP contribution in [0.5, 0.6) is 0 Å². The van der Waals surface area contributed by atoms with Crippen LogP contribution in [-0.2, 0) is 9.53 Å². The van der Waals surface area contributed by atoms with Crippen molar-refractivity contribution >= 4 is 5.97 Å². The molecule has 1 saturated carbocycles. The van der Waals surface area contributed by atoms with Gasteiger partial charge in [0.25, 0.3) is 0 Å². The first-order valence-electron chi connectivity index (χ1n) is 5.82. The van der Waals surface area contributed by atoms with E-state index >= 15 is 0 Å². The number of carboxylic acid groups (broad SMARTS) is 1.